The van der Waals surface area contributed by atoms with Crippen molar-refractivity contribution >= 4 is 28.3 Å². The number of rotatable bonds is 6. The maximum atomic E-state index is 12.9. The number of aromatic nitrogens is 3. The Bertz CT molecular complexity index is 1210. The van der Waals surface area contributed by atoms with E-state index in [0.29, 0.717) is 18.2 Å². The quantitative estimate of drug-likeness (QED) is 0.475. The van der Waals surface area contributed by atoms with E-state index in [1.54, 1.807) is 11.3 Å². The van der Waals surface area contributed by atoms with Gasteiger partial charge in [0.2, 0.25) is 0 Å². The molecule has 0 atom stereocenters. The summed E-state index contributed by atoms with van der Waals surface area (Å²) in [6.07, 6.45) is 4.72. The predicted molar refractivity (Wildman–Crippen MR) is 127 cm³/mol. The second-order valence-electron chi connectivity index (χ2n) is 8.34. The number of hydrogen-bond acceptors (Lipinski definition) is 5. The fourth-order valence-corrected chi connectivity index (χ4v) is 4.77. The molecule has 0 aliphatic carbocycles. The largest absolute Gasteiger partial charge is 0.381 e. The molecule has 0 radical (unpaired) electrons. The van der Waals surface area contributed by atoms with E-state index in [4.69, 9.17) is 4.74 Å². The molecule has 7 heteroatoms. The maximum Gasteiger partial charge on any atom is 0.269 e. The van der Waals surface area contributed by atoms with Crippen molar-refractivity contribution in [2.24, 2.45) is 13.0 Å². The van der Waals surface area contributed by atoms with Gasteiger partial charge in [0.25, 0.3) is 5.91 Å². The Morgan fingerprint density at radius 2 is 2.03 bits per heavy atom. The smallest absolute Gasteiger partial charge is 0.269 e. The summed E-state index contributed by atoms with van der Waals surface area (Å²) < 4.78 is 7.39. The van der Waals surface area contributed by atoms with Crippen LogP contribution in [0.5, 0.6) is 0 Å². The van der Waals surface area contributed by atoms with Gasteiger partial charge in [-0.05, 0) is 48.4 Å². The van der Waals surface area contributed by atoms with E-state index < -0.39 is 0 Å². The first kappa shape index (κ1) is 20.8. The second-order valence-corrected chi connectivity index (χ2v) is 9.06. The molecule has 1 N–H and O–H groups in total. The van der Waals surface area contributed by atoms with Gasteiger partial charge in [-0.15, -0.1) is 11.3 Å². The number of amides is 1. The van der Waals surface area contributed by atoms with Gasteiger partial charge in [-0.25, -0.2) is 9.97 Å². The lowest BCUT2D eigenvalue weighted by Gasteiger charge is -2.22. The van der Waals surface area contributed by atoms with Crippen molar-refractivity contribution in [1.82, 2.24) is 19.9 Å². The zero-order valence-electron chi connectivity index (χ0n) is 18.1. The van der Waals surface area contributed by atoms with E-state index in [9.17, 15) is 4.79 Å². The summed E-state index contributed by atoms with van der Waals surface area (Å²) >= 11 is 1.60. The summed E-state index contributed by atoms with van der Waals surface area (Å²) in [5.74, 6) is 0.363. The van der Waals surface area contributed by atoms with Crippen molar-refractivity contribution in [2.75, 3.05) is 19.8 Å². The summed E-state index contributed by atoms with van der Waals surface area (Å²) in [4.78, 5) is 22.0. The molecule has 4 aromatic rings. The van der Waals surface area contributed by atoms with Gasteiger partial charge in [-0.1, -0.05) is 24.3 Å². The summed E-state index contributed by atoms with van der Waals surface area (Å²) in [7, 11) is 1.96. The molecular weight excluding hydrogens is 420 g/mol. The van der Waals surface area contributed by atoms with Crippen LogP contribution in [0.15, 0.2) is 53.5 Å². The third kappa shape index (κ3) is 4.45. The molecule has 0 spiro atoms. The SMILES string of the molecule is Cn1ccc2c(Cc3ccc(-c4cscn4)cc3)cc(C(=O)NCC3CCOCC3)nc21. The minimum atomic E-state index is -0.111. The van der Waals surface area contributed by atoms with Gasteiger partial charge >= 0.3 is 0 Å². The number of nitrogens with one attached hydrogen (secondary N) is 1. The molecule has 1 aliphatic heterocycles. The van der Waals surface area contributed by atoms with Crippen molar-refractivity contribution in [1.29, 1.82) is 0 Å². The Morgan fingerprint density at radius 3 is 2.78 bits per heavy atom. The zero-order chi connectivity index (χ0) is 21.9. The molecular formula is C25H26N4O2S. The number of hydrogen-bond donors (Lipinski definition) is 1. The highest BCUT2D eigenvalue weighted by Gasteiger charge is 2.18. The molecule has 32 heavy (non-hydrogen) atoms. The van der Waals surface area contributed by atoms with Crippen LogP contribution in [-0.4, -0.2) is 40.2 Å². The van der Waals surface area contributed by atoms with Crippen molar-refractivity contribution in [3.05, 3.63) is 70.3 Å². The summed E-state index contributed by atoms with van der Waals surface area (Å²) in [6.45, 7) is 2.22. The lowest BCUT2D eigenvalue weighted by atomic mass is 9.99. The van der Waals surface area contributed by atoms with E-state index in [2.05, 4.69) is 51.0 Å². The lowest BCUT2D eigenvalue weighted by Crippen LogP contribution is -2.32. The highest BCUT2D eigenvalue weighted by molar-refractivity contribution is 7.07. The molecule has 1 amide bonds. The Balaban J connectivity index is 1.38. The molecule has 164 valence electrons. The number of nitrogens with zero attached hydrogens (tertiary/aromatic N) is 3. The third-order valence-corrected chi connectivity index (χ3v) is 6.71. The van der Waals surface area contributed by atoms with Gasteiger partial charge in [0.1, 0.15) is 11.3 Å². The third-order valence-electron chi connectivity index (χ3n) is 6.12. The molecule has 0 bridgehead atoms. The highest BCUT2D eigenvalue weighted by atomic mass is 32.1. The predicted octanol–water partition coefficient (Wildman–Crippen LogP) is 4.44. The fourth-order valence-electron chi connectivity index (χ4n) is 4.21. The summed E-state index contributed by atoms with van der Waals surface area (Å²) in [6, 6.07) is 12.5. The number of carbonyl (C=O) groups is 1. The summed E-state index contributed by atoms with van der Waals surface area (Å²) in [5, 5.41) is 6.22. The van der Waals surface area contributed by atoms with Gasteiger partial charge in [-0.2, -0.15) is 0 Å². The van der Waals surface area contributed by atoms with Crippen molar-refractivity contribution < 1.29 is 9.53 Å². The van der Waals surface area contributed by atoms with Crippen molar-refractivity contribution in [3.63, 3.8) is 0 Å². The average Bonchev–Trinajstić information content (AvgIpc) is 3.49. The van der Waals surface area contributed by atoms with Crippen LogP contribution >= 0.6 is 11.3 Å². The van der Waals surface area contributed by atoms with Gasteiger partial charge < -0.3 is 14.6 Å². The number of fused-ring (bicyclic) bond motifs is 1. The molecule has 1 aliphatic rings. The number of aryl methyl sites for hydroxylation is 1. The van der Waals surface area contributed by atoms with Gasteiger partial charge in [0, 0.05) is 49.3 Å². The van der Waals surface area contributed by atoms with E-state index in [1.807, 2.05) is 29.4 Å². The van der Waals surface area contributed by atoms with Crippen molar-refractivity contribution in [3.8, 4) is 11.3 Å². The molecule has 6 nitrogen and oxygen atoms in total. The van der Waals surface area contributed by atoms with Crippen LogP contribution in [0.1, 0.15) is 34.5 Å². The topological polar surface area (TPSA) is 69.0 Å². The Morgan fingerprint density at radius 1 is 1.22 bits per heavy atom. The molecule has 5 rings (SSSR count). The maximum absolute atomic E-state index is 12.9. The van der Waals surface area contributed by atoms with Crippen LogP contribution in [0.2, 0.25) is 0 Å². The Kier molecular flexibility index (Phi) is 6.01. The molecule has 0 saturated carbocycles. The fraction of sp³-hybridized carbons (Fsp3) is 0.320. The Labute approximate surface area is 191 Å². The molecule has 4 heterocycles. The number of thiazole rings is 1. The highest BCUT2D eigenvalue weighted by Crippen LogP contribution is 2.25. The van der Waals surface area contributed by atoms with Crippen LogP contribution in [0.4, 0.5) is 0 Å². The first-order chi connectivity index (χ1) is 15.7. The Hall–Kier alpha value is -3.03. The molecule has 1 saturated heterocycles. The number of benzene rings is 1. The molecule has 3 aromatic heterocycles. The van der Waals surface area contributed by atoms with E-state index in [0.717, 1.165) is 60.3 Å². The van der Waals surface area contributed by atoms with Crippen LogP contribution < -0.4 is 5.32 Å². The first-order valence-electron chi connectivity index (χ1n) is 11.0. The minimum Gasteiger partial charge on any atom is -0.381 e. The van der Waals surface area contributed by atoms with Gasteiger partial charge in [-0.3, -0.25) is 4.79 Å². The molecule has 1 fully saturated rings. The second kappa shape index (κ2) is 9.22. The molecule has 0 unspecified atom stereocenters. The zero-order valence-corrected chi connectivity index (χ0v) is 18.9. The van der Waals surface area contributed by atoms with Crippen LogP contribution in [0, 0.1) is 5.92 Å². The lowest BCUT2D eigenvalue weighted by molar-refractivity contribution is 0.0642. The molecule has 1 aromatic carbocycles. The number of pyridine rings is 1. The number of ether oxygens (including phenoxy) is 1. The normalized spacial score (nSPS) is 14.7. The van der Waals surface area contributed by atoms with E-state index >= 15 is 0 Å². The van der Waals surface area contributed by atoms with E-state index in [1.165, 1.54) is 5.56 Å². The first-order valence-corrected chi connectivity index (χ1v) is 11.9. The summed E-state index contributed by atoms with van der Waals surface area (Å²) in [5.41, 5.74) is 7.56. The van der Waals surface area contributed by atoms with Crippen molar-refractivity contribution in [2.45, 2.75) is 19.3 Å². The van der Waals surface area contributed by atoms with Gasteiger partial charge in [0.15, 0.2) is 0 Å². The monoisotopic (exact) mass is 446 g/mol. The van der Waals surface area contributed by atoms with Gasteiger partial charge in [0.05, 0.1) is 11.2 Å². The van der Waals surface area contributed by atoms with E-state index in [-0.39, 0.29) is 5.91 Å². The average molecular weight is 447 g/mol. The van der Waals surface area contributed by atoms with Crippen LogP contribution in [-0.2, 0) is 18.2 Å². The van der Waals surface area contributed by atoms with Crippen LogP contribution in [0.3, 0.4) is 0 Å². The number of carbonyl (C=O) groups excluding carboxylic acids is 1. The standard InChI is InChI=1S/C25H26N4O2S/c1-29-9-6-21-20(12-17-2-4-19(5-3-17)23-15-32-16-27-23)13-22(28-24(21)29)25(30)26-14-18-7-10-31-11-8-18/h2-6,9,13,15-16,18H,7-8,10-12,14H2,1H3,(H,26,30). The minimum absolute atomic E-state index is 0.111. The van der Waals surface area contributed by atoms with Crippen LogP contribution in [0.25, 0.3) is 22.3 Å².